The number of hydrogen-bond donors (Lipinski definition) is 1. The molecule has 0 unspecified atom stereocenters. The van der Waals surface area contributed by atoms with Crippen molar-refractivity contribution in [3.05, 3.63) is 12.7 Å². The predicted octanol–water partition coefficient (Wildman–Crippen LogP) is -1.86. The Balaban J connectivity index is -0.0000000267. The summed E-state index contributed by atoms with van der Waals surface area (Å²) in [6.45, 7) is 2.96. The number of hydrogen-bond acceptors (Lipinski definition) is 1. The quantitative estimate of drug-likeness (QED) is 0.355. The number of aliphatic carboxylic acids is 1. The van der Waals surface area contributed by atoms with E-state index in [1.165, 1.54) is 0 Å². The predicted molar refractivity (Wildman–Crippen MR) is 35.7 cm³/mol. The van der Waals surface area contributed by atoms with Gasteiger partial charge in [-0.2, -0.15) is 0 Å². The minimum atomic E-state index is -0.981. The summed E-state index contributed by atoms with van der Waals surface area (Å²) < 4.78 is 0. The van der Waals surface area contributed by atoms with Crippen LogP contribution >= 0.6 is 0 Å². The van der Waals surface area contributed by atoms with Crippen molar-refractivity contribution in [2.24, 2.45) is 0 Å². The second-order valence-corrected chi connectivity index (χ2v) is 0.542. The number of carbonyl (C=O) groups is 1. The Bertz CT molecular complexity index is 65.5. The fraction of sp³-hybridized carbons (Fsp3) is 0. The number of carboxylic acids is 1. The average molecular weight is 154 g/mol. The fourth-order valence-corrected chi connectivity index (χ4v) is 0. The van der Waals surface area contributed by atoms with Crippen LogP contribution < -0.4 is 0 Å². The van der Waals surface area contributed by atoms with Crippen LogP contribution in [0.1, 0.15) is 0 Å². The first-order chi connectivity index (χ1) is 2.27. The van der Waals surface area contributed by atoms with Crippen LogP contribution in [0.4, 0.5) is 0 Å². The zero-order valence-corrected chi connectivity index (χ0v) is 3.14. The molecular weight excluding hydrogens is 146 g/mol. The first kappa shape index (κ1) is 22.6. The monoisotopic (exact) mass is 154 g/mol. The molecule has 3 N–H and O–H groups in total. The third-order valence-electron chi connectivity index (χ3n) is 0.175. The zero-order valence-electron chi connectivity index (χ0n) is 3.14. The third-order valence-corrected chi connectivity index (χ3v) is 0.175. The SMILES string of the molecule is C=CC(=O)O.O.[KH].[NaH]. The summed E-state index contributed by atoms with van der Waals surface area (Å²) in [4.78, 5) is 9.25. The van der Waals surface area contributed by atoms with Crippen LogP contribution in [0.25, 0.3) is 0 Å². The van der Waals surface area contributed by atoms with Crippen LogP contribution in [-0.4, -0.2) is 97.5 Å². The minimum absolute atomic E-state index is 0. The van der Waals surface area contributed by atoms with Gasteiger partial charge in [-0.1, -0.05) is 6.58 Å². The van der Waals surface area contributed by atoms with E-state index < -0.39 is 5.97 Å². The van der Waals surface area contributed by atoms with Crippen LogP contribution in [0.2, 0.25) is 0 Å². The maximum atomic E-state index is 9.25. The van der Waals surface area contributed by atoms with E-state index in [0.29, 0.717) is 0 Å². The molecule has 0 saturated carbocycles. The van der Waals surface area contributed by atoms with Crippen LogP contribution in [-0.2, 0) is 4.79 Å². The Labute approximate surface area is 113 Å². The Kier molecular flexibility index (Phi) is 44.9. The van der Waals surface area contributed by atoms with E-state index in [2.05, 4.69) is 6.58 Å². The second-order valence-electron chi connectivity index (χ2n) is 0.542. The Hall–Kier alpha value is 1.81. The van der Waals surface area contributed by atoms with Gasteiger partial charge < -0.3 is 10.6 Å². The van der Waals surface area contributed by atoms with Gasteiger partial charge in [0, 0.05) is 6.08 Å². The molecule has 0 aromatic rings. The molecule has 0 atom stereocenters. The van der Waals surface area contributed by atoms with Gasteiger partial charge in [-0.25, -0.2) is 4.79 Å². The molecule has 0 heterocycles. The molecule has 0 aliphatic carbocycles. The maximum absolute atomic E-state index is 9.25. The van der Waals surface area contributed by atoms with Crippen LogP contribution in [0.15, 0.2) is 12.7 Å². The molecule has 40 valence electrons. The third kappa shape index (κ3) is 25.0. The van der Waals surface area contributed by atoms with Crippen molar-refractivity contribution >= 4 is 86.9 Å². The molecule has 0 radical (unpaired) electrons. The molecule has 0 fully saturated rings. The summed E-state index contributed by atoms with van der Waals surface area (Å²) in [5.41, 5.74) is 0. The molecule has 5 heteroatoms. The molecule has 0 bridgehead atoms. The van der Waals surface area contributed by atoms with E-state index in [1.54, 1.807) is 0 Å². The van der Waals surface area contributed by atoms with Crippen LogP contribution in [0.3, 0.4) is 0 Å². The van der Waals surface area contributed by atoms with E-state index in [9.17, 15) is 4.79 Å². The van der Waals surface area contributed by atoms with Crippen molar-refractivity contribution in [1.82, 2.24) is 0 Å². The molecular formula is C3H8KNaO3. The summed E-state index contributed by atoms with van der Waals surface area (Å²) in [6, 6.07) is 0. The van der Waals surface area contributed by atoms with Crippen molar-refractivity contribution < 1.29 is 15.4 Å². The van der Waals surface area contributed by atoms with E-state index in [-0.39, 0.29) is 86.4 Å². The molecule has 0 rings (SSSR count). The van der Waals surface area contributed by atoms with Crippen LogP contribution in [0, 0.1) is 0 Å². The summed E-state index contributed by atoms with van der Waals surface area (Å²) in [7, 11) is 0. The van der Waals surface area contributed by atoms with Crippen molar-refractivity contribution in [2.75, 3.05) is 0 Å². The summed E-state index contributed by atoms with van der Waals surface area (Å²) >= 11 is 0. The van der Waals surface area contributed by atoms with Crippen molar-refractivity contribution in [3.8, 4) is 0 Å². The Morgan fingerprint density at radius 2 is 1.75 bits per heavy atom. The molecule has 8 heavy (non-hydrogen) atoms. The molecule has 0 saturated heterocycles. The van der Waals surface area contributed by atoms with Gasteiger partial charge in [-0.3, -0.25) is 0 Å². The zero-order chi connectivity index (χ0) is 4.28. The standard InChI is InChI=1S/C3H4O2.K.Na.H2O.2H/c1-2-3(4)5;;;;;/h2H,1H2,(H,4,5);;;1H2;;. The second kappa shape index (κ2) is 15.9. The van der Waals surface area contributed by atoms with Gasteiger partial charge >= 0.3 is 86.9 Å². The van der Waals surface area contributed by atoms with Gasteiger partial charge in [0.1, 0.15) is 0 Å². The van der Waals surface area contributed by atoms with Crippen molar-refractivity contribution in [3.63, 3.8) is 0 Å². The Morgan fingerprint density at radius 3 is 1.75 bits per heavy atom. The molecule has 0 spiro atoms. The number of rotatable bonds is 1. The first-order valence-corrected chi connectivity index (χ1v) is 1.12. The van der Waals surface area contributed by atoms with Gasteiger partial charge in [0.15, 0.2) is 0 Å². The summed E-state index contributed by atoms with van der Waals surface area (Å²) in [6.07, 6.45) is 0.833. The van der Waals surface area contributed by atoms with Crippen molar-refractivity contribution in [1.29, 1.82) is 0 Å². The van der Waals surface area contributed by atoms with Gasteiger partial charge in [-0.15, -0.1) is 0 Å². The molecule has 0 aromatic carbocycles. The Morgan fingerprint density at radius 1 is 1.62 bits per heavy atom. The van der Waals surface area contributed by atoms with Gasteiger partial charge in [-0.05, 0) is 0 Å². The van der Waals surface area contributed by atoms with E-state index in [1.807, 2.05) is 0 Å². The molecule has 0 aromatic heterocycles. The summed E-state index contributed by atoms with van der Waals surface area (Å²) in [5.74, 6) is -0.981. The topological polar surface area (TPSA) is 68.8 Å². The van der Waals surface area contributed by atoms with Gasteiger partial charge in [0.25, 0.3) is 0 Å². The van der Waals surface area contributed by atoms with E-state index in [0.717, 1.165) is 6.08 Å². The van der Waals surface area contributed by atoms with E-state index >= 15 is 0 Å². The molecule has 3 nitrogen and oxygen atoms in total. The molecule has 0 aliphatic rings. The van der Waals surface area contributed by atoms with Crippen LogP contribution in [0.5, 0.6) is 0 Å². The fourth-order valence-electron chi connectivity index (χ4n) is 0. The summed E-state index contributed by atoms with van der Waals surface area (Å²) in [5, 5.41) is 7.60. The normalized spacial score (nSPS) is 4.00. The van der Waals surface area contributed by atoms with Gasteiger partial charge in [0.05, 0.1) is 0 Å². The van der Waals surface area contributed by atoms with Crippen molar-refractivity contribution in [2.45, 2.75) is 0 Å². The van der Waals surface area contributed by atoms with Gasteiger partial charge in [0.2, 0.25) is 0 Å². The molecule has 0 aliphatic heterocycles. The number of carboxylic acid groups (broad SMARTS) is 1. The van der Waals surface area contributed by atoms with E-state index in [4.69, 9.17) is 5.11 Å². The first-order valence-electron chi connectivity index (χ1n) is 1.12. The molecule has 0 amide bonds. The average Bonchev–Trinajstić information content (AvgIpc) is 1.38.